The number of hydrazine groups is 1. The van der Waals surface area contributed by atoms with E-state index in [9.17, 15) is 0 Å². The van der Waals surface area contributed by atoms with Crippen LogP contribution in [0, 0.1) is 13.8 Å². The van der Waals surface area contributed by atoms with Gasteiger partial charge in [-0.25, -0.2) is 10.8 Å². The molecule has 0 atom stereocenters. The molecule has 0 radical (unpaired) electrons. The van der Waals surface area contributed by atoms with Gasteiger partial charge in [-0.15, -0.1) is 0 Å². The lowest BCUT2D eigenvalue weighted by Crippen LogP contribution is -2.14. The van der Waals surface area contributed by atoms with E-state index in [4.69, 9.17) is 5.84 Å². The minimum absolute atomic E-state index is 0.753. The van der Waals surface area contributed by atoms with Crippen molar-refractivity contribution in [1.82, 2.24) is 19.6 Å². The molecule has 0 aliphatic heterocycles. The molecule has 3 aromatic rings. The molecule has 3 N–H and O–H groups in total. The average molecular weight is 254 g/mol. The Bertz CT molecular complexity index is 732. The molecule has 6 heteroatoms. The molecule has 0 aliphatic carbocycles. The Labute approximate surface area is 110 Å². The summed E-state index contributed by atoms with van der Waals surface area (Å²) >= 11 is 0. The van der Waals surface area contributed by atoms with Crippen molar-refractivity contribution in [3.8, 4) is 11.3 Å². The Morgan fingerprint density at radius 2 is 1.95 bits per heavy atom. The van der Waals surface area contributed by atoms with E-state index in [0.29, 0.717) is 0 Å². The number of rotatable bonds is 2. The quantitative estimate of drug-likeness (QED) is 0.537. The fourth-order valence-electron chi connectivity index (χ4n) is 2.03. The van der Waals surface area contributed by atoms with Crippen molar-refractivity contribution in [3.63, 3.8) is 0 Å². The molecule has 96 valence electrons. The Balaban J connectivity index is 2.27. The van der Waals surface area contributed by atoms with E-state index >= 15 is 0 Å². The molecule has 0 unspecified atom stereocenters. The molecule has 0 saturated carbocycles. The number of anilines is 1. The molecule has 0 saturated heterocycles. The van der Waals surface area contributed by atoms with E-state index < -0.39 is 0 Å². The van der Waals surface area contributed by atoms with Gasteiger partial charge in [-0.05, 0) is 26.0 Å². The summed E-state index contributed by atoms with van der Waals surface area (Å²) in [6, 6.07) is 5.76. The highest BCUT2D eigenvalue weighted by Crippen LogP contribution is 2.23. The average Bonchev–Trinajstić information content (AvgIpc) is 2.84. The molecule has 0 aromatic carbocycles. The van der Waals surface area contributed by atoms with Crippen LogP contribution in [0.3, 0.4) is 0 Å². The SMILES string of the molecule is Cc1nc2cc(-c3ccncc3)nn2c(NN)c1C. The second-order valence-corrected chi connectivity index (χ2v) is 4.35. The molecule has 3 heterocycles. The lowest BCUT2D eigenvalue weighted by molar-refractivity contribution is 0.916. The van der Waals surface area contributed by atoms with E-state index in [2.05, 4.69) is 20.5 Å². The van der Waals surface area contributed by atoms with E-state index in [1.807, 2.05) is 32.0 Å². The summed E-state index contributed by atoms with van der Waals surface area (Å²) in [6.45, 7) is 3.92. The third-order valence-corrected chi connectivity index (χ3v) is 3.20. The second-order valence-electron chi connectivity index (χ2n) is 4.35. The molecule has 0 aliphatic rings. The predicted molar refractivity (Wildman–Crippen MR) is 73.5 cm³/mol. The normalized spacial score (nSPS) is 10.9. The standard InChI is InChI=1S/C13H14N6/c1-8-9(2)16-12-7-11(10-3-5-15-6-4-10)18-19(12)13(8)17-14/h3-7,17H,14H2,1-2H3. The van der Waals surface area contributed by atoms with Gasteiger partial charge in [0.2, 0.25) is 0 Å². The number of nitrogens with two attached hydrogens (primary N) is 1. The van der Waals surface area contributed by atoms with Crippen molar-refractivity contribution in [1.29, 1.82) is 0 Å². The van der Waals surface area contributed by atoms with Crippen LogP contribution in [0.5, 0.6) is 0 Å². The fourth-order valence-corrected chi connectivity index (χ4v) is 2.03. The van der Waals surface area contributed by atoms with Crippen LogP contribution in [0.1, 0.15) is 11.3 Å². The summed E-state index contributed by atoms with van der Waals surface area (Å²) in [5, 5.41) is 4.54. The van der Waals surface area contributed by atoms with Gasteiger partial charge in [0, 0.05) is 35.3 Å². The number of aryl methyl sites for hydroxylation is 1. The van der Waals surface area contributed by atoms with E-state index in [1.54, 1.807) is 16.9 Å². The molecule has 6 nitrogen and oxygen atoms in total. The van der Waals surface area contributed by atoms with Crippen molar-refractivity contribution in [3.05, 3.63) is 41.9 Å². The molecule has 3 rings (SSSR count). The van der Waals surface area contributed by atoms with Gasteiger partial charge in [-0.1, -0.05) is 0 Å². The Kier molecular flexibility index (Phi) is 2.64. The van der Waals surface area contributed by atoms with Crippen LogP contribution < -0.4 is 11.3 Å². The number of pyridine rings is 1. The first-order valence-electron chi connectivity index (χ1n) is 5.94. The largest absolute Gasteiger partial charge is 0.308 e. The lowest BCUT2D eigenvalue weighted by atomic mass is 10.2. The second kappa shape index (κ2) is 4.33. The highest BCUT2D eigenvalue weighted by atomic mass is 15.4. The van der Waals surface area contributed by atoms with Gasteiger partial charge in [0.05, 0.1) is 5.69 Å². The van der Waals surface area contributed by atoms with Gasteiger partial charge < -0.3 is 5.43 Å². The number of hydrogen-bond donors (Lipinski definition) is 2. The molecular formula is C13H14N6. The summed E-state index contributed by atoms with van der Waals surface area (Å²) in [4.78, 5) is 8.52. The van der Waals surface area contributed by atoms with Gasteiger partial charge in [0.1, 0.15) is 5.82 Å². The van der Waals surface area contributed by atoms with Crippen LogP contribution in [0.4, 0.5) is 5.82 Å². The molecular weight excluding hydrogens is 240 g/mol. The van der Waals surface area contributed by atoms with Crippen LogP contribution in [0.2, 0.25) is 0 Å². The summed E-state index contributed by atoms with van der Waals surface area (Å²) in [7, 11) is 0. The van der Waals surface area contributed by atoms with E-state index in [0.717, 1.165) is 34.0 Å². The van der Waals surface area contributed by atoms with Gasteiger partial charge in [-0.2, -0.15) is 9.61 Å². The fraction of sp³-hybridized carbons (Fsp3) is 0.154. The number of nitrogens with zero attached hydrogens (tertiary/aromatic N) is 4. The van der Waals surface area contributed by atoms with E-state index in [-0.39, 0.29) is 0 Å². The molecule has 0 amide bonds. The van der Waals surface area contributed by atoms with Crippen LogP contribution >= 0.6 is 0 Å². The molecule has 3 aromatic heterocycles. The van der Waals surface area contributed by atoms with Gasteiger partial charge in [0.25, 0.3) is 0 Å². The summed E-state index contributed by atoms with van der Waals surface area (Å²) in [5.74, 6) is 6.34. The topological polar surface area (TPSA) is 81.1 Å². The number of nitrogen functional groups attached to an aromatic ring is 1. The zero-order chi connectivity index (χ0) is 13.4. The van der Waals surface area contributed by atoms with Crippen molar-refractivity contribution in [2.75, 3.05) is 5.43 Å². The maximum Gasteiger partial charge on any atom is 0.158 e. The zero-order valence-corrected chi connectivity index (χ0v) is 10.8. The highest BCUT2D eigenvalue weighted by molar-refractivity contribution is 5.66. The van der Waals surface area contributed by atoms with Crippen molar-refractivity contribution in [2.45, 2.75) is 13.8 Å². The minimum Gasteiger partial charge on any atom is -0.308 e. The predicted octanol–water partition coefficient (Wildman–Crippen LogP) is 1.69. The Hall–Kier alpha value is -2.47. The Morgan fingerprint density at radius 3 is 2.63 bits per heavy atom. The Morgan fingerprint density at radius 1 is 1.21 bits per heavy atom. The third kappa shape index (κ3) is 1.82. The first-order valence-corrected chi connectivity index (χ1v) is 5.94. The van der Waals surface area contributed by atoms with Gasteiger partial charge in [-0.3, -0.25) is 4.98 Å². The maximum absolute atomic E-state index is 5.58. The first-order chi connectivity index (χ1) is 9.20. The first kappa shape index (κ1) is 11.6. The number of fused-ring (bicyclic) bond motifs is 1. The highest BCUT2D eigenvalue weighted by Gasteiger charge is 2.12. The summed E-state index contributed by atoms with van der Waals surface area (Å²) in [6.07, 6.45) is 3.48. The van der Waals surface area contributed by atoms with Crippen LogP contribution in [0.15, 0.2) is 30.6 Å². The lowest BCUT2D eigenvalue weighted by Gasteiger charge is -2.09. The maximum atomic E-state index is 5.58. The smallest absolute Gasteiger partial charge is 0.158 e. The van der Waals surface area contributed by atoms with E-state index in [1.165, 1.54) is 0 Å². The van der Waals surface area contributed by atoms with Crippen molar-refractivity contribution >= 4 is 11.5 Å². The van der Waals surface area contributed by atoms with Crippen LogP contribution in [0.25, 0.3) is 16.9 Å². The van der Waals surface area contributed by atoms with Crippen molar-refractivity contribution in [2.24, 2.45) is 5.84 Å². The van der Waals surface area contributed by atoms with Crippen LogP contribution in [-0.4, -0.2) is 19.6 Å². The van der Waals surface area contributed by atoms with Gasteiger partial charge in [0.15, 0.2) is 5.65 Å². The monoisotopic (exact) mass is 254 g/mol. The molecule has 0 bridgehead atoms. The number of hydrogen-bond acceptors (Lipinski definition) is 5. The summed E-state index contributed by atoms with van der Waals surface area (Å²) in [5.41, 5.74) is 7.22. The van der Waals surface area contributed by atoms with Crippen molar-refractivity contribution < 1.29 is 0 Å². The molecule has 0 spiro atoms. The number of nitrogens with one attached hydrogen (secondary N) is 1. The van der Waals surface area contributed by atoms with Gasteiger partial charge >= 0.3 is 0 Å². The van der Waals surface area contributed by atoms with Crippen LogP contribution in [-0.2, 0) is 0 Å². The third-order valence-electron chi connectivity index (χ3n) is 3.20. The summed E-state index contributed by atoms with van der Waals surface area (Å²) < 4.78 is 1.72. The number of aromatic nitrogens is 4. The zero-order valence-electron chi connectivity index (χ0n) is 10.8. The molecule has 19 heavy (non-hydrogen) atoms. The molecule has 0 fully saturated rings. The minimum atomic E-state index is 0.753.